The van der Waals surface area contributed by atoms with Gasteiger partial charge in [0.15, 0.2) is 0 Å². The zero-order valence-electron chi connectivity index (χ0n) is 13.7. The number of rotatable bonds is 7. The molecule has 0 aromatic carbocycles. The standard InChI is InChI=1S/C16H33N3O/c1-13-8-7-9-14(12-13)19(4)11-6-5-10-16(2,3)15(17)18-20/h13-14,20H,5-12H2,1-4H3,(H2,17,18). The van der Waals surface area contributed by atoms with E-state index in [1.165, 1.54) is 32.1 Å². The van der Waals surface area contributed by atoms with Crippen molar-refractivity contribution in [2.45, 2.75) is 71.8 Å². The van der Waals surface area contributed by atoms with Gasteiger partial charge in [-0.1, -0.05) is 45.2 Å². The molecule has 0 aromatic heterocycles. The summed E-state index contributed by atoms with van der Waals surface area (Å²) in [6, 6.07) is 0.774. The fourth-order valence-corrected chi connectivity index (χ4v) is 3.18. The predicted octanol–water partition coefficient (Wildman–Crippen LogP) is 3.44. The lowest BCUT2D eigenvalue weighted by molar-refractivity contribution is 0.160. The smallest absolute Gasteiger partial charge is 0.144 e. The van der Waals surface area contributed by atoms with Gasteiger partial charge in [0.1, 0.15) is 5.84 Å². The lowest BCUT2D eigenvalue weighted by atomic mass is 9.85. The summed E-state index contributed by atoms with van der Waals surface area (Å²) < 4.78 is 0. The molecule has 1 aliphatic rings. The summed E-state index contributed by atoms with van der Waals surface area (Å²) in [5.74, 6) is 1.22. The summed E-state index contributed by atoms with van der Waals surface area (Å²) in [5.41, 5.74) is 5.51. The maximum Gasteiger partial charge on any atom is 0.144 e. The zero-order valence-corrected chi connectivity index (χ0v) is 13.7. The number of amidine groups is 1. The Balaban J connectivity index is 2.23. The lowest BCUT2D eigenvalue weighted by Gasteiger charge is -2.34. The van der Waals surface area contributed by atoms with Crippen molar-refractivity contribution in [3.63, 3.8) is 0 Å². The molecule has 1 aliphatic carbocycles. The van der Waals surface area contributed by atoms with Crippen LogP contribution in [0.25, 0.3) is 0 Å². The van der Waals surface area contributed by atoms with Crippen LogP contribution in [-0.4, -0.2) is 35.6 Å². The van der Waals surface area contributed by atoms with E-state index in [4.69, 9.17) is 10.9 Å². The molecule has 0 radical (unpaired) electrons. The summed E-state index contributed by atoms with van der Waals surface area (Å²) in [6.07, 6.45) is 8.77. The minimum absolute atomic E-state index is 0.202. The van der Waals surface area contributed by atoms with Gasteiger partial charge >= 0.3 is 0 Å². The minimum atomic E-state index is -0.202. The second-order valence-corrected chi connectivity index (χ2v) is 7.23. The number of unbranched alkanes of at least 4 members (excludes halogenated alkanes) is 1. The quantitative estimate of drug-likeness (QED) is 0.247. The van der Waals surface area contributed by atoms with Crippen molar-refractivity contribution in [3.05, 3.63) is 0 Å². The summed E-state index contributed by atoms with van der Waals surface area (Å²) >= 11 is 0. The van der Waals surface area contributed by atoms with E-state index >= 15 is 0 Å². The topological polar surface area (TPSA) is 61.8 Å². The highest BCUT2D eigenvalue weighted by Crippen LogP contribution is 2.27. The van der Waals surface area contributed by atoms with Gasteiger partial charge in [0.05, 0.1) is 0 Å². The van der Waals surface area contributed by atoms with Crippen molar-refractivity contribution in [1.82, 2.24) is 4.90 Å². The lowest BCUT2D eigenvalue weighted by Crippen LogP contribution is -2.36. The number of nitrogens with zero attached hydrogens (tertiary/aromatic N) is 2. The molecule has 0 saturated heterocycles. The Bertz CT molecular complexity index is 315. The van der Waals surface area contributed by atoms with Crippen LogP contribution in [0.4, 0.5) is 0 Å². The first kappa shape index (κ1) is 17.3. The molecular formula is C16H33N3O. The Labute approximate surface area is 124 Å². The molecule has 1 rings (SSSR count). The summed E-state index contributed by atoms with van der Waals surface area (Å²) in [7, 11) is 2.26. The van der Waals surface area contributed by atoms with Gasteiger partial charge in [0, 0.05) is 11.5 Å². The van der Waals surface area contributed by atoms with Gasteiger partial charge in [0.25, 0.3) is 0 Å². The summed E-state index contributed by atoms with van der Waals surface area (Å²) in [4.78, 5) is 2.53. The van der Waals surface area contributed by atoms with Crippen LogP contribution in [0.2, 0.25) is 0 Å². The van der Waals surface area contributed by atoms with E-state index in [9.17, 15) is 0 Å². The highest BCUT2D eigenvalue weighted by atomic mass is 16.4. The molecule has 20 heavy (non-hydrogen) atoms. The van der Waals surface area contributed by atoms with Crippen LogP contribution in [0.15, 0.2) is 5.16 Å². The number of nitrogens with two attached hydrogens (primary N) is 1. The predicted molar refractivity (Wildman–Crippen MR) is 85.1 cm³/mol. The zero-order chi connectivity index (χ0) is 15.2. The molecule has 2 atom stereocenters. The molecule has 1 fully saturated rings. The molecule has 4 nitrogen and oxygen atoms in total. The highest BCUT2D eigenvalue weighted by molar-refractivity contribution is 5.85. The van der Waals surface area contributed by atoms with E-state index in [1.807, 2.05) is 13.8 Å². The average Bonchev–Trinajstić information content (AvgIpc) is 2.42. The van der Waals surface area contributed by atoms with E-state index < -0.39 is 0 Å². The highest BCUT2D eigenvalue weighted by Gasteiger charge is 2.24. The molecular weight excluding hydrogens is 250 g/mol. The molecule has 0 heterocycles. The van der Waals surface area contributed by atoms with E-state index in [-0.39, 0.29) is 5.41 Å². The van der Waals surface area contributed by atoms with Gasteiger partial charge in [0.2, 0.25) is 0 Å². The third-order valence-electron chi connectivity index (χ3n) is 4.90. The molecule has 2 unspecified atom stereocenters. The van der Waals surface area contributed by atoms with Crippen LogP contribution in [0.3, 0.4) is 0 Å². The maximum absolute atomic E-state index is 8.76. The van der Waals surface area contributed by atoms with Gasteiger partial charge in [-0.15, -0.1) is 0 Å². The maximum atomic E-state index is 8.76. The van der Waals surface area contributed by atoms with Crippen LogP contribution >= 0.6 is 0 Å². The van der Waals surface area contributed by atoms with Crippen molar-refractivity contribution in [1.29, 1.82) is 0 Å². The van der Waals surface area contributed by atoms with Gasteiger partial charge in [-0.25, -0.2) is 0 Å². The van der Waals surface area contributed by atoms with Gasteiger partial charge in [-0.2, -0.15) is 0 Å². The molecule has 3 N–H and O–H groups in total. The van der Waals surface area contributed by atoms with Crippen LogP contribution in [0, 0.1) is 11.3 Å². The van der Waals surface area contributed by atoms with Crippen molar-refractivity contribution in [2.75, 3.05) is 13.6 Å². The first-order valence-corrected chi connectivity index (χ1v) is 8.05. The molecule has 0 amide bonds. The molecule has 1 saturated carbocycles. The molecule has 0 aromatic rings. The fourth-order valence-electron chi connectivity index (χ4n) is 3.18. The SMILES string of the molecule is CC1CCCC(N(C)CCCCC(C)(C)C(N)=NO)C1. The Morgan fingerprint density at radius 1 is 1.35 bits per heavy atom. The number of hydrogen-bond donors (Lipinski definition) is 2. The molecule has 0 aliphatic heterocycles. The fraction of sp³-hybridized carbons (Fsp3) is 0.938. The summed E-state index contributed by atoms with van der Waals surface area (Å²) in [5, 5.41) is 11.9. The van der Waals surface area contributed by atoms with Crippen LogP contribution in [0.1, 0.15) is 65.7 Å². The Kier molecular flexibility index (Phi) is 6.80. The van der Waals surface area contributed by atoms with E-state index in [1.54, 1.807) is 0 Å². The first-order chi connectivity index (χ1) is 9.36. The van der Waals surface area contributed by atoms with Crippen molar-refractivity contribution in [3.8, 4) is 0 Å². The third kappa shape index (κ3) is 5.31. The molecule has 0 spiro atoms. The molecule has 4 heteroatoms. The van der Waals surface area contributed by atoms with Crippen LogP contribution < -0.4 is 5.73 Å². The van der Waals surface area contributed by atoms with E-state index in [2.05, 4.69) is 24.0 Å². The normalized spacial score (nSPS) is 25.1. The largest absolute Gasteiger partial charge is 0.409 e. The van der Waals surface area contributed by atoms with Crippen LogP contribution in [-0.2, 0) is 0 Å². The number of oxime groups is 1. The van der Waals surface area contributed by atoms with Crippen molar-refractivity contribution in [2.24, 2.45) is 22.2 Å². The Morgan fingerprint density at radius 3 is 2.65 bits per heavy atom. The second-order valence-electron chi connectivity index (χ2n) is 7.23. The van der Waals surface area contributed by atoms with Crippen molar-refractivity contribution < 1.29 is 5.21 Å². The van der Waals surface area contributed by atoms with Gasteiger partial charge in [-0.05, 0) is 45.2 Å². The van der Waals surface area contributed by atoms with E-state index in [0.717, 1.165) is 31.3 Å². The molecule has 0 bridgehead atoms. The molecule has 118 valence electrons. The monoisotopic (exact) mass is 283 g/mol. The van der Waals surface area contributed by atoms with Crippen LogP contribution in [0.5, 0.6) is 0 Å². The Morgan fingerprint density at radius 2 is 2.05 bits per heavy atom. The number of hydrogen-bond acceptors (Lipinski definition) is 3. The summed E-state index contributed by atoms with van der Waals surface area (Å²) in [6.45, 7) is 7.60. The minimum Gasteiger partial charge on any atom is -0.409 e. The van der Waals surface area contributed by atoms with Crippen molar-refractivity contribution >= 4 is 5.84 Å². The van der Waals surface area contributed by atoms with E-state index in [0.29, 0.717) is 5.84 Å². The third-order valence-corrected chi connectivity index (χ3v) is 4.90. The van der Waals surface area contributed by atoms with Gasteiger partial charge < -0.3 is 15.8 Å². The second kappa shape index (κ2) is 7.87. The average molecular weight is 283 g/mol. The van der Waals surface area contributed by atoms with Gasteiger partial charge in [-0.3, -0.25) is 0 Å². The first-order valence-electron chi connectivity index (χ1n) is 8.05. The Hall–Kier alpha value is -0.770.